The van der Waals surface area contributed by atoms with Crippen molar-refractivity contribution in [2.45, 2.75) is 26.6 Å². The summed E-state index contributed by atoms with van der Waals surface area (Å²) in [6.07, 6.45) is 1.79. The summed E-state index contributed by atoms with van der Waals surface area (Å²) in [4.78, 5) is 4.30. The molecule has 4 nitrogen and oxygen atoms in total. The maximum absolute atomic E-state index is 6.46. The topological polar surface area (TPSA) is 43.4 Å². The zero-order chi connectivity index (χ0) is 19.1. The smallest absolute Gasteiger partial charge is 0.163 e. The molecular weight excluding hydrogens is 360 g/mol. The van der Waals surface area contributed by atoms with Crippen molar-refractivity contribution < 1.29 is 9.47 Å². The Morgan fingerprint density at radius 2 is 1.89 bits per heavy atom. The summed E-state index contributed by atoms with van der Waals surface area (Å²) in [6, 6.07) is 17.8. The zero-order valence-electron chi connectivity index (χ0n) is 15.5. The summed E-state index contributed by atoms with van der Waals surface area (Å²) in [7, 11) is 1.63. The Hall–Kier alpha value is -2.56. The van der Waals surface area contributed by atoms with Gasteiger partial charge in [0, 0.05) is 30.4 Å². The van der Waals surface area contributed by atoms with E-state index in [1.165, 1.54) is 5.56 Å². The molecule has 140 valence electrons. The van der Waals surface area contributed by atoms with Crippen molar-refractivity contribution in [1.82, 2.24) is 10.3 Å². The maximum Gasteiger partial charge on any atom is 0.163 e. The third-order valence-corrected chi connectivity index (χ3v) is 4.51. The number of pyridine rings is 1. The predicted octanol–water partition coefficient (Wildman–Crippen LogP) is 4.92. The second kappa shape index (κ2) is 9.40. The number of nitrogens with zero attached hydrogens (tertiary/aromatic N) is 1. The molecule has 0 saturated heterocycles. The summed E-state index contributed by atoms with van der Waals surface area (Å²) < 4.78 is 11.4. The van der Waals surface area contributed by atoms with Gasteiger partial charge in [-0.05, 0) is 36.2 Å². The first kappa shape index (κ1) is 19.2. The predicted molar refractivity (Wildman–Crippen MR) is 108 cm³/mol. The summed E-state index contributed by atoms with van der Waals surface area (Å²) in [5, 5.41) is 3.99. The summed E-state index contributed by atoms with van der Waals surface area (Å²) in [5.41, 5.74) is 4.25. The van der Waals surface area contributed by atoms with E-state index in [1.807, 2.05) is 42.5 Å². The number of hydrogen-bond acceptors (Lipinski definition) is 4. The summed E-state index contributed by atoms with van der Waals surface area (Å²) >= 11 is 6.46. The van der Waals surface area contributed by atoms with Crippen LogP contribution < -0.4 is 14.8 Å². The number of nitrogens with one attached hydrogen (secondary N) is 1. The van der Waals surface area contributed by atoms with E-state index < -0.39 is 0 Å². The molecule has 27 heavy (non-hydrogen) atoms. The summed E-state index contributed by atoms with van der Waals surface area (Å²) in [5.74, 6) is 1.30. The van der Waals surface area contributed by atoms with Crippen LogP contribution >= 0.6 is 11.6 Å². The molecule has 1 heterocycles. The highest BCUT2D eigenvalue weighted by Gasteiger charge is 2.11. The van der Waals surface area contributed by atoms with Crippen LogP contribution in [0.5, 0.6) is 11.5 Å². The van der Waals surface area contributed by atoms with Crippen LogP contribution in [0.4, 0.5) is 0 Å². The Morgan fingerprint density at radius 3 is 2.63 bits per heavy atom. The maximum atomic E-state index is 6.46. The minimum Gasteiger partial charge on any atom is -0.493 e. The largest absolute Gasteiger partial charge is 0.493 e. The molecule has 0 bridgehead atoms. The molecular formula is C22H23ClN2O2. The van der Waals surface area contributed by atoms with Crippen LogP contribution in [0, 0.1) is 6.92 Å². The van der Waals surface area contributed by atoms with Gasteiger partial charge < -0.3 is 14.8 Å². The van der Waals surface area contributed by atoms with Crippen LogP contribution in [0.1, 0.15) is 22.4 Å². The molecule has 0 radical (unpaired) electrons. The van der Waals surface area contributed by atoms with Crippen LogP contribution in [-0.2, 0) is 19.7 Å². The van der Waals surface area contributed by atoms with Gasteiger partial charge in [-0.25, -0.2) is 0 Å². The molecule has 3 aromatic rings. The van der Waals surface area contributed by atoms with Crippen LogP contribution in [-0.4, -0.2) is 12.1 Å². The molecule has 2 aromatic carbocycles. The van der Waals surface area contributed by atoms with Crippen molar-refractivity contribution in [3.05, 3.63) is 88.2 Å². The number of aryl methyl sites for hydroxylation is 1. The summed E-state index contributed by atoms with van der Waals surface area (Å²) in [6.45, 7) is 3.81. The number of ether oxygens (including phenoxy) is 2. The lowest BCUT2D eigenvalue weighted by molar-refractivity contribution is 0.284. The first-order valence-corrected chi connectivity index (χ1v) is 9.19. The van der Waals surface area contributed by atoms with Gasteiger partial charge in [-0.3, -0.25) is 4.98 Å². The van der Waals surface area contributed by atoms with Crippen molar-refractivity contribution in [2.75, 3.05) is 7.11 Å². The van der Waals surface area contributed by atoms with E-state index >= 15 is 0 Å². The Morgan fingerprint density at radius 1 is 1.00 bits per heavy atom. The van der Waals surface area contributed by atoms with E-state index in [-0.39, 0.29) is 0 Å². The van der Waals surface area contributed by atoms with Crippen molar-refractivity contribution in [3.63, 3.8) is 0 Å². The molecule has 0 fully saturated rings. The lowest BCUT2D eigenvalue weighted by Gasteiger charge is -2.14. The van der Waals surface area contributed by atoms with Crippen molar-refractivity contribution >= 4 is 11.6 Å². The normalized spacial score (nSPS) is 10.6. The van der Waals surface area contributed by atoms with Crippen molar-refractivity contribution in [3.8, 4) is 11.5 Å². The lowest BCUT2D eigenvalue weighted by atomic mass is 10.1. The van der Waals surface area contributed by atoms with E-state index in [1.54, 1.807) is 13.3 Å². The third kappa shape index (κ3) is 5.46. The molecule has 1 N–H and O–H groups in total. The number of benzene rings is 2. The molecule has 0 unspecified atom stereocenters. The monoisotopic (exact) mass is 382 g/mol. The molecule has 0 aliphatic rings. The Labute approximate surface area is 165 Å². The average molecular weight is 383 g/mol. The van der Waals surface area contributed by atoms with Crippen LogP contribution in [0.2, 0.25) is 5.02 Å². The highest BCUT2D eigenvalue weighted by atomic mass is 35.5. The molecule has 0 aliphatic carbocycles. The number of rotatable bonds is 8. The van der Waals surface area contributed by atoms with E-state index in [0.29, 0.717) is 36.2 Å². The van der Waals surface area contributed by atoms with E-state index in [0.717, 1.165) is 16.8 Å². The van der Waals surface area contributed by atoms with Crippen molar-refractivity contribution in [2.24, 2.45) is 0 Å². The van der Waals surface area contributed by atoms with Gasteiger partial charge in [0.05, 0.1) is 12.8 Å². The third-order valence-electron chi connectivity index (χ3n) is 4.16. The molecule has 0 saturated carbocycles. The molecule has 1 aromatic heterocycles. The molecule has 0 atom stereocenters. The number of methoxy groups -OCH3 is 1. The number of halogens is 1. The van der Waals surface area contributed by atoms with E-state index in [2.05, 4.69) is 29.4 Å². The quantitative estimate of drug-likeness (QED) is 0.600. The lowest BCUT2D eigenvalue weighted by Crippen LogP contribution is -2.14. The number of aromatic nitrogens is 1. The Balaban J connectivity index is 1.65. The highest BCUT2D eigenvalue weighted by Crippen LogP contribution is 2.34. The van der Waals surface area contributed by atoms with Gasteiger partial charge in [0.1, 0.15) is 6.61 Å². The Kier molecular flexibility index (Phi) is 6.69. The molecule has 0 spiro atoms. The van der Waals surface area contributed by atoms with Gasteiger partial charge in [0.25, 0.3) is 0 Å². The second-order valence-corrected chi connectivity index (χ2v) is 6.70. The van der Waals surface area contributed by atoms with E-state index in [4.69, 9.17) is 21.1 Å². The fourth-order valence-electron chi connectivity index (χ4n) is 2.78. The van der Waals surface area contributed by atoms with Crippen LogP contribution in [0.3, 0.4) is 0 Å². The SMILES string of the molecule is COc1cc(CNCc2ccccn2)c(Cl)cc1OCc1cccc(C)c1. The minimum absolute atomic E-state index is 0.464. The van der Waals surface area contributed by atoms with Gasteiger partial charge in [-0.2, -0.15) is 0 Å². The van der Waals surface area contributed by atoms with Gasteiger partial charge in [0.2, 0.25) is 0 Å². The fraction of sp³-hybridized carbons (Fsp3) is 0.227. The van der Waals surface area contributed by atoms with E-state index in [9.17, 15) is 0 Å². The van der Waals surface area contributed by atoms with Crippen molar-refractivity contribution in [1.29, 1.82) is 0 Å². The van der Waals surface area contributed by atoms with Gasteiger partial charge in [-0.1, -0.05) is 47.5 Å². The molecule has 0 amide bonds. The molecule has 3 rings (SSSR count). The zero-order valence-corrected chi connectivity index (χ0v) is 16.3. The minimum atomic E-state index is 0.464. The first-order chi connectivity index (χ1) is 13.2. The fourth-order valence-corrected chi connectivity index (χ4v) is 3.00. The van der Waals surface area contributed by atoms with Gasteiger partial charge >= 0.3 is 0 Å². The first-order valence-electron chi connectivity index (χ1n) is 8.81. The van der Waals surface area contributed by atoms with Crippen LogP contribution in [0.15, 0.2) is 60.8 Å². The van der Waals surface area contributed by atoms with Gasteiger partial charge in [0.15, 0.2) is 11.5 Å². The second-order valence-electron chi connectivity index (χ2n) is 6.30. The Bertz CT molecular complexity index is 885. The van der Waals surface area contributed by atoms with Gasteiger partial charge in [-0.15, -0.1) is 0 Å². The average Bonchev–Trinajstić information content (AvgIpc) is 2.68. The standard InChI is InChI=1S/C22H23ClN2O2/c1-16-6-5-7-17(10-16)15-27-22-12-20(23)18(11-21(22)26-2)13-24-14-19-8-3-4-9-25-19/h3-12,24H,13-15H2,1-2H3. The molecule has 5 heteroatoms. The highest BCUT2D eigenvalue weighted by molar-refractivity contribution is 6.31. The molecule has 0 aliphatic heterocycles. The number of hydrogen-bond donors (Lipinski definition) is 1. The van der Waals surface area contributed by atoms with Crippen LogP contribution in [0.25, 0.3) is 0 Å².